The minimum absolute atomic E-state index is 0.0182. The number of carbonyl (C=O) groups excluding carboxylic acids is 3. The van der Waals surface area contributed by atoms with Crippen LogP contribution in [0.15, 0.2) is 54.6 Å². The number of fused-ring (bicyclic) bond motifs is 1. The van der Waals surface area contributed by atoms with Crippen LogP contribution in [0, 0.1) is 0 Å². The minimum atomic E-state index is -0.502. The Balaban J connectivity index is 1.56. The second-order valence-corrected chi connectivity index (χ2v) is 8.16. The summed E-state index contributed by atoms with van der Waals surface area (Å²) in [5.74, 6) is 0.385. The molecule has 2 atom stereocenters. The molecule has 6 heteroatoms. The van der Waals surface area contributed by atoms with E-state index in [4.69, 9.17) is 0 Å². The molecule has 5 nitrogen and oxygen atoms in total. The van der Waals surface area contributed by atoms with Gasteiger partial charge in [-0.1, -0.05) is 30.3 Å². The van der Waals surface area contributed by atoms with Crippen LogP contribution in [-0.4, -0.2) is 34.3 Å². The van der Waals surface area contributed by atoms with E-state index in [1.165, 1.54) is 6.92 Å². The maximum atomic E-state index is 12.9. The predicted octanol–water partition coefficient (Wildman–Crippen LogP) is 3.42. The number of carbonyl (C=O) groups is 3. The molecule has 2 amide bonds. The smallest absolute Gasteiger partial charge is 0.248 e. The minimum Gasteiger partial charge on any atom is -0.324 e. The zero-order valence-electron chi connectivity index (χ0n) is 15.0. The average molecular weight is 380 g/mol. The van der Waals surface area contributed by atoms with Crippen molar-refractivity contribution < 1.29 is 14.4 Å². The summed E-state index contributed by atoms with van der Waals surface area (Å²) in [4.78, 5) is 38.2. The number of benzene rings is 2. The Kier molecular flexibility index (Phi) is 4.52. The first kappa shape index (κ1) is 17.8. The summed E-state index contributed by atoms with van der Waals surface area (Å²) in [6.45, 7) is 1.51. The fraction of sp³-hybridized carbons (Fsp3) is 0.286. The number of Topliss-reactive ketones (excluding diaryl/α,β-unsaturated/α-hetero) is 1. The maximum absolute atomic E-state index is 12.9. The Morgan fingerprint density at radius 3 is 2.48 bits per heavy atom. The van der Waals surface area contributed by atoms with Gasteiger partial charge in [-0.3, -0.25) is 14.4 Å². The van der Waals surface area contributed by atoms with Crippen molar-refractivity contribution >= 4 is 35.0 Å². The van der Waals surface area contributed by atoms with Gasteiger partial charge in [0, 0.05) is 23.4 Å². The standard InChI is InChI=1S/C21H20N2O3S/c1-14(24)15-7-9-17(10-8-15)22-20(26)18-13-27-21(12-11-19(25)23(18)21)16-5-3-2-4-6-16/h2-10,18H,11-13H2,1H3,(H,22,26)/t18-,21-/m0/s1. The van der Waals surface area contributed by atoms with Crippen LogP contribution in [0.5, 0.6) is 0 Å². The van der Waals surface area contributed by atoms with E-state index in [2.05, 4.69) is 5.32 Å². The van der Waals surface area contributed by atoms with Gasteiger partial charge in [0.25, 0.3) is 0 Å². The molecule has 2 heterocycles. The zero-order chi connectivity index (χ0) is 19.0. The number of anilines is 1. The molecule has 0 aromatic heterocycles. The number of nitrogens with zero attached hydrogens (tertiary/aromatic N) is 1. The van der Waals surface area contributed by atoms with E-state index in [0.29, 0.717) is 23.4 Å². The van der Waals surface area contributed by atoms with Gasteiger partial charge >= 0.3 is 0 Å². The predicted molar refractivity (Wildman–Crippen MR) is 106 cm³/mol. The monoisotopic (exact) mass is 380 g/mol. The molecule has 2 fully saturated rings. The highest BCUT2D eigenvalue weighted by Gasteiger charge is 2.56. The fourth-order valence-corrected chi connectivity index (χ4v) is 5.50. The summed E-state index contributed by atoms with van der Waals surface area (Å²) in [6.07, 6.45) is 1.18. The van der Waals surface area contributed by atoms with E-state index in [1.807, 2.05) is 30.3 Å². The van der Waals surface area contributed by atoms with Gasteiger partial charge in [-0.05, 0) is 43.2 Å². The van der Waals surface area contributed by atoms with Gasteiger partial charge in [0.15, 0.2) is 5.78 Å². The molecule has 0 bridgehead atoms. The van der Waals surface area contributed by atoms with E-state index >= 15 is 0 Å². The van der Waals surface area contributed by atoms with Crippen LogP contribution in [-0.2, 0) is 14.5 Å². The van der Waals surface area contributed by atoms with Crippen molar-refractivity contribution in [1.29, 1.82) is 0 Å². The molecule has 2 saturated heterocycles. The van der Waals surface area contributed by atoms with Crippen molar-refractivity contribution in [2.45, 2.75) is 30.7 Å². The van der Waals surface area contributed by atoms with Crippen molar-refractivity contribution in [2.24, 2.45) is 0 Å². The Bertz CT molecular complexity index is 897. The molecular formula is C21H20N2O3S. The SMILES string of the molecule is CC(=O)c1ccc(NC(=O)[C@@H]2CS[C@]3(c4ccccc4)CCC(=O)N23)cc1. The molecule has 2 aliphatic rings. The van der Waals surface area contributed by atoms with Gasteiger partial charge in [-0.25, -0.2) is 0 Å². The maximum Gasteiger partial charge on any atom is 0.248 e. The van der Waals surface area contributed by atoms with Crippen LogP contribution in [0.3, 0.4) is 0 Å². The first-order valence-electron chi connectivity index (χ1n) is 8.95. The molecule has 1 N–H and O–H groups in total. The lowest BCUT2D eigenvalue weighted by atomic mass is 10.0. The first-order chi connectivity index (χ1) is 13.0. The molecule has 0 radical (unpaired) electrons. The highest BCUT2D eigenvalue weighted by molar-refractivity contribution is 8.00. The third-order valence-corrected chi connectivity index (χ3v) is 6.81. The Morgan fingerprint density at radius 2 is 1.81 bits per heavy atom. The van der Waals surface area contributed by atoms with E-state index in [0.717, 1.165) is 12.0 Å². The topological polar surface area (TPSA) is 66.5 Å². The number of hydrogen-bond acceptors (Lipinski definition) is 4. The third kappa shape index (κ3) is 3.04. The third-order valence-electron chi connectivity index (χ3n) is 5.21. The molecule has 0 saturated carbocycles. The van der Waals surface area contributed by atoms with Crippen LogP contribution in [0.25, 0.3) is 0 Å². The zero-order valence-corrected chi connectivity index (χ0v) is 15.8. The van der Waals surface area contributed by atoms with Crippen molar-refractivity contribution in [3.8, 4) is 0 Å². The summed E-state index contributed by atoms with van der Waals surface area (Å²) < 4.78 is 0. The number of ketones is 1. The van der Waals surface area contributed by atoms with Crippen LogP contribution in [0.2, 0.25) is 0 Å². The van der Waals surface area contributed by atoms with E-state index in [-0.39, 0.29) is 17.6 Å². The second-order valence-electron chi connectivity index (χ2n) is 6.86. The highest BCUT2D eigenvalue weighted by Crippen LogP contribution is 2.54. The van der Waals surface area contributed by atoms with E-state index in [1.54, 1.807) is 40.9 Å². The van der Waals surface area contributed by atoms with Gasteiger partial charge in [-0.15, -0.1) is 11.8 Å². The largest absolute Gasteiger partial charge is 0.324 e. The quantitative estimate of drug-likeness (QED) is 0.826. The molecule has 2 aromatic rings. The van der Waals surface area contributed by atoms with Crippen molar-refractivity contribution in [3.05, 3.63) is 65.7 Å². The molecular weight excluding hydrogens is 360 g/mol. The molecule has 2 aliphatic heterocycles. The number of hydrogen-bond donors (Lipinski definition) is 1. The molecule has 0 aliphatic carbocycles. The number of rotatable bonds is 4. The molecule has 138 valence electrons. The van der Waals surface area contributed by atoms with Crippen molar-refractivity contribution in [2.75, 3.05) is 11.1 Å². The Labute approximate surface area is 162 Å². The molecule has 0 spiro atoms. The van der Waals surface area contributed by atoms with Gasteiger partial charge in [0.1, 0.15) is 10.9 Å². The molecule has 0 unspecified atom stereocenters. The van der Waals surface area contributed by atoms with E-state index in [9.17, 15) is 14.4 Å². The van der Waals surface area contributed by atoms with Crippen LogP contribution < -0.4 is 5.32 Å². The van der Waals surface area contributed by atoms with Crippen molar-refractivity contribution in [3.63, 3.8) is 0 Å². The number of thioether (sulfide) groups is 1. The van der Waals surface area contributed by atoms with Gasteiger partial charge in [-0.2, -0.15) is 0 Å². The van der Waals surface area contributed by atoms with Crippen LogP contribution >= 0.6 is 11.8 Å². The number of amides is 2. The van der Waals surface area contributed by atoms with Crippen LogP contribution in [0.1, 0.15) is 35.7 Å². The van der Waals surface area contributed by atoms with Gasteiger partial charge in [0.2, 0.25) is 11.8 Å². The molecule has 2 aromatic carbocycles. The van der Waals surface area contributed by atoms with Crippen LogP contribution in [0.4, 0.5) is 5.69 Å². The number of nitrogens with one attached hydrogen (secondary N) is 1. The van der Waals surface area contributed by atoms with Gasteiger partial charge < -0.3 is 10.2 Å². The molecule has 4 rings (SSSR count). The fourth-order valence-electron chi connectivity index (χ4n) is 3.85. The first-order valence-corrected chi connectivity index (χ1v) is 9.93. The van der Waals surface area contributed by atoms with Gasteiger partial charge in [0.05, 0.1) is 0 Å². The lowest BCUT2D eigenvalue weighted by Crippen LogP contribution is -2.48. The summed E-state index contributed by atoms with van der Waals surface area (Å²) in [6, 6.07) is 16.3. The second kappa shape index (κ2) is 6.85. The Morgan fingerprint density at radius 1 is 1.11 bits per heavy atom. The highest BCUT2D eigenvalue weighted by atomic mass is 32.2. The van der Waals surface area contributed by atoms with E-state index < -0.39 is 10.9 Å². The van der Waals surface area contributed by atoms with Crippen molar-refractivity contribution in [1.82, 2.24) is 4.90 Å². The molecule has 27 heavy (non-hydrogen) atoms. The lowest BCUT2D eigenvalue weighted by Gasteiger charge is -2.34. The average Bonchev–Trinajstić information content (AvgIpc) is 3.22. The summed E-state index contributed by atoms with van der Waals surface area (Å²) in [5, 5.41) is 2.89. The normalized spacial score (nSPS) is 24.0. The Hall–Kier alpha value is -2.60. The summed E-state index contributed by atoms with van der Waals surface area (Å²) in [7, 11) is 0. The summed E-state index contributed by atoms with van der Waals surface area (Å²) >= 11 is 1.67. The summed E-state index contributed by atoms with van der Waals surface area (Å²) in [5.41, 5.74) is 2.29. The lowest BCUT2D eigenvalue weighted by molar-refractivity contribution is -0.136.